The first-order valence-electron chi connectivity index (χ1n) is 7.66. The lowest BCUT2D eigenvalue weighted by Crippen LogP contribution is -2.19. The van der Waals surface area contributed by atoms with Crippen molar-refractivity contribution in [2.75, 3.05) is 0 Å². The third-order valence-corrected chi connectivity index (χ3v) is 5.51. The number of thiophene rings is 1. The molecule has 0 saturated carbocycles. The van der Waals surface area contributed by atoms with E-state index in [2.05, 4.69) is 0 Å². The molecule has 0 bridgehead atoms. The Morgan fingerprint density at radius 1 is 1.08 bits per heavy atom. The number of rotatable bonds is 1. The zero-order chi connectivity index (χ0) is 18.5. The molecule has 0 saturated heterocycles. The van der Waals surface area contributed by atoms with E-state index in [1.54, 1.807) is 0 Å². The van der Waals surface area contributed by atoms with E-state index >= 15 is 0 Å². The van der Waals surface area contributed by atoms with Crippen molar-refractivity contribution in [1.82, 2.24) is 0 Å². The van der Waals surface area contributed by atoms with Crippen molar-refractivity contribution in [2.45, 2.75) is 12.1 Å². The number of hydrogen-bond donors (Lipinski definition) is 1. The van der Waals surface area contributed by atoms with Crippen molar-refractivity contribution in [3.63, 3.8) is 0 Å². The molecule has 2 N–H and O–H groups in total. The van der Waals surface area contributed by atoms with Gasteiger partial charge in [-0.15, -0.1) is 11.3 Å². The van der Waals surface area contributed by atoms with E-state index in [0.717, 1.165) is 27.1 Å². The van der Waals surface area contributed by atoms with Crippen LogP contribution in [0, 0.1) is 11.3 Å². The van der Waals surface area contributed by atoms with Gasteiger partial charge in [0, 0.05) is 10.1 Å². The monoisotopic (exact) mass is 372 g/mol. The fourth-order valence-electron chi connectivity index (χ4n) is 3.08. The van der Waals surface area contributed by atoms with Gasteiger partial charge in [0.15, 0.2) is 5.75 Å². The summed E-state index contributed by atoms with van der Waals surface area (Å²) in [5.74, 6) is -0.0103. The molecule has 2 heterocycles. The predicted molar refractivity (Wildman–Crippen MR) is 92.6 cm³/mol. The molecule has 3 aromatic rings. The summed E-state index contributed by atoms with van der Waals surface area (Å²) in [6.07, 6.45) is -4.41. The van der Waals surface area contributed by atoms with Gasteiger partial charge in [0.1, 0.15) is 11.6 Å². The number of nitriles is 1. The molecular formula is C19H11F3N2OS. The third kappa shape index (κ3) is 2.50. The van der Waals surface area contributed by atoms with E-state index < -0.39 is 17.7 Å². The van der Waals surface area contributed by atoms with Crippen molar-refractivity contribution in [3.05, 3.63) is 76.0 Å². The highest BCUT2D eigenvalue weighted by molar-refractivity contribution is 7.19. The van der Waals surface area contributed by atoms with E-state index in [-0.39, 0.29) is 11.5 Å². The summed E-state index contributed by atoms with van der Waals surface area (Å²) in [6.45, 7) is 0. The molecule has 1 aliphatic rings. The van der Waals surface area contributed by atoms with E-state index in [4.69, 9.17) is 10.5 Å². The van der Waals surface area contributed by atoms with E-state index in [9.17, 15) is 18.4 Å². The zero-order valence-corrected chi connectivity index (χ0v) is 14.0. The Morgan fingerprint density at radius 3 is 2.42 bits per heavy atom. The fourth-order valence-corrected chi connectivity index (χ4v) is 4.35. The van der Waals surface area contributed by atoms with Crippen molar-refractivity contribution in [2.24, 2.45) is 5.73 Å². The molecule has 1 atom stereocenters. The predicted octanol–water partition coefficient (Wildman–Crippen LogP) is 5.14. The van der Waals surface area contributed by atoms with Gasteiger partial charge in [0.2, 0.25) is 5.88 Å². The number of nitrogens with two attached hydrogens (primary N) is 1. The SMILES string of the molecule is N#CC1=C(N)Oc2c(sc3ccccc23)[C@@H]1c1ccc(C(F)(F)F)cc1. The van der Waals surface area contributed by atoms with Gasteiger partial charge in [0.25, 0.3) is 0 Å². The Labute approximate surface area is 150 Å². The molecule has 0 spiro atoms. The van der Waals surface area contributed by atoms with Crippen LogP contribution in [0.2, 0.25) is 0 Å². The highest BCUT2D eigenvalue weighted by Gasteiger charge is 2.35. The zero-order valence-electron chi connectivity index (χ0n) is 13.2. The molecule has 0 unspecified atom stereocenters. The Hall–Kier alpha value is -2.98. The average molecular weight is 372 g/mol. The highest BCUT2D eigenvalue weighted by Crippen LogP contribution is 2.50. The fraction of sp³-hybridized carbons (Fsp3) is 0.105. The van der Waals surface area contributed by atoms with Crippen LogP contribution in [-0.4, -0.2) is 0 Å². The van der Waals surface area contributed by atoms with Crippen LogP contribution in [0.3, 0.4) is 0 Å². The van der Waals surface area contributed by atoms with E-state index in [1.165, 1.54) is 23.5 Å². The van der Waals surface area contributed by atoms with E-state index in [0.29, 0.717) is 11.3 Å². The first-order chi connectivity index (χ1) is 12.4. The summed E-state index contributed by atoms with van der Waals surface area (Å²) in [5.41, 5.74) is 5.97. The lowest BCUT2D eigenvalue weighted by atomic mass is 9.88. The number of alkyl halides is 3. The van der Waals surface area contributed by atoms with Gasteiger partial charge in [-0.3, -0.25) is 0 Å². The van der Waals surface area contributed by atoms with Crippen LogP contribution in [0.15, 0.2) is 60.0 Å². The smallest absolute Gasteiger partial charge is 0.416 e. The average Bonchev–Trinajstić information content (AvgIpc) is 2.98. The first-order valence-corrected chi connectivity index (χ1v) is 8.48. The molecule has 26 heavy (non-hydrogen) atoms. The van der Waals surface area contributed by atoms with Gasteiger partial charge in [0.05, 0.1) is 16.4 Å². The summed E-state index contributed by atoms with van der Waals surface area (Å²) in [6, 6.07) is 14.4. The number of benzene rings is 2. The normalized spacial score (nSPS) is 16.9. The van der Waals surface area contributed by atoms with Crippen molar-refractivity contribution in [3.8, 4) is 11.8 Å². The number of halogens is 3. The number of hydrogen-bond acceptors (Lipinski definition) is 4. The molecule has 0 radical (unpaired) electrons. The lowest BCUT2D eigenvalue weighted by Gasteiger charge is -2.24. The quantitative estimate of drug-likeness (QED) is 0.644. The molecule has 2 aromatic carbocycles. The van der Waals surface area contributed by atoms with Crippen LogP contribution < -0.4 is 10.5 Å². The lowest BCUT2D eigenvalue weighted by molar-refractivity contribution is -0.137. The molecule has 0 amide bonds. The number of nitrogens with zero attached hydrogens (tertiary/aromatic N) is 1. The number of allylic oxidation sites excluding steroid dienone is 1. The Bertz CT molecular complexity index is 1070. The minimum atomic E-state index is -4.41. The maximum atomic E-state index is 12.8. The Balaban J connectivity index is 1.90. The van der Waals surface area contributed by atoms with E-state index in [1.807, 2.05) is 30.3 Å². The molecule has 130 valence electrons. The maximum Gasteiger partial charge on any atom is 0.416 e. The minimum Gasteiger partial charge on any atom is -0.439 e. The molecule has 1 aliphatic heterocycles. The number of ether oxygens (including phenoxy) is 1. The van der Waals surface area contributed by atoms with Crippen molar-refractivity contribution >= 4 is 21.4 Å². The molecule has 1 aromatic heterocycles. The molecule has 4 rings (SSSR count). The van der Waals surface area contributed by atoms with Gasteiger partial charge in [-0.1, -0.05) is 24.3 Å². The summed E-state index contributed by atoms with van der Waals surface area (Å²) in [4.78, 5) is 0.761. The first kappa shape index (κ1) is 16.5. The van der Waals surface area contributed by atoms with Gasteiger partial charge >= 0.3 is 6.18 Å². The van der Waals surface area contributed by atoms with Gasteiger partial charge in [-0.05, 0) is 29.8 Å². The summed E-state index contributed by atoms with van der Waals surface area (Å²) < 4.78 is 45.2. The van der Waals surface area contributed by atoms with Crippen LogP contribution in [0.1, 0.15) is 21.9 Å². The van der Waals surface area contributed by atoms with Gasteiger partial charge in [-0.25, -0.2) is 0 Å². The number of fused-ring (bicyclic) bond motifs is 3. The van der Waals surface area contributed by atoms with Crippen LogP contribution >= 0.6 is 11.3 Å². The summed E-state index contributed by atoms with van der Waals surface area (Å²) in [5, 5.41) is 10.4. The molecule has 3 nitrogen and oxygen atoms in total. The molecular weight excluding hydrogens is 361 g/mol. The second-order valence-electron chi connectivity index (χ2n) is 5.84. The second kappa shape index (κ2) is 5.78. The van der Waals surface area contributed by atoms with Crippen LogP contribution in [0.4, 0.5) is 13.2 Å². The minimum absolute atomic E-state index is 0.0200. The standard InChI is InChI=1S/C19H11F3N2OS/c20-19(21,22)11-7-5-10(6-8-11)15-13(9-23)18(24)25-16-12-3-1-2-4-14(12)26-17(15)16/h1-8,15H,24H2/t15-/m1/s1. The topological polar surface area (TPSA) is 59.0 Å². The second-order valence-corrected chi connectivity index (χ2v) is 6.92. The van der Waals surface area contributed by atoms with Gasteiger partial charge < -0.3 is 10.5 Å². The molecule has 0 aliphatic carbocycles. The van der Waals surface area contributed by atoms with Crippen LogP contribution in [0.25, 0.3) is 10.1 Å². The summed E-state index contributed by atoms with van der Waals surface area (Å²) in [7, 11) is 0. The third-order valence-electron chi connectivity index (χ3n) is 4.30. The summed E-state index contributed by atoms with van der Waals surface area (Å²) >= 11 is 1.45. The van der Waals surface area contributed by atoms with Gasteiger partial charge in [-0.2, -0.15) is 18.4 Å². The van der Waals surface area contributed by atoms with Crippen molar-refractivity contribution < 1.29 is 17.9 Å². The molecule has 7 heteroatoms. The largest absolute Gasteiger partial charge is 0.439 e. The Kier molecular flexibility index (Phi) is 3.67. The maximum absolute atomic E-state index is 12.8. The van der Waals surface area contributed by atoms with Crippen molar-refractivity contribution in [1.29, 1.82) is 5.26 Å². The van der Waals surface area contributed by atoms with Crippen LogP contribution in [0.5, 0.6) is 5.75 Å². The van der Waals surface area contributed by atoms with Crippen LogP contribution in [-0.2, 0) is 6.18 Å². The molecule has 0 fully saturated rings. The Morgan fingerprint density at radius 2 is 1.77 bits per heavy atom. The highest BCUT2D eigenvalue weighted by atomic mass is 32.1.